The van der Waals surface area contributed by atoms with E-state index in [4.69, 9.17) is 4.74 Å². The van der Waals surface area contributed by atoms with Crippen LogP contribution in [0.5, 0.6) is 5.88 Å². The number of pyridine rings is 2. The first-order valence-electron chi connectivity index (χ1n) is 10.3. The maximum Gasteiger partial charge on any atom is 0.202 e. The highest BCUT2D eigenvalue weighted by Crippen LogP contribution is 2.35. The highest BCUT2D eigenvalue weighted by molar-refractivity contribution is 5.96. The molecule has 1 aliphatic rings. The van der Waals surface area contributed by atoms with Gasteiger partial charge in [-0.3, -0.25) is 9.97 Å². The van der Waals surface area contributed by atoms with Crippen molar-refractivity contribution in [1.29, 1.82) is 0 Å². The Morgan fingerprint density at radius 2 is 1.77 bits per heavy atom. The quantitative estimate of drug-likeness (QED) is 0.551. The minimum absolute atomic E-state index is 0.264. The molecule has 6 nitrogen and oxygen atoms in total. The molecule has 0 aliphatic carbocycles. The number of hydrogen-bond donors (Lipinski definition) is 1. The van der Waals surface area contributed by atoms with Crippen molar-refractivity contribution in [3.8, 4) is 17.0 Å². The molecule has 1 aliphatic heterocycles. The maximum absolute atomic E-state index is 10.9. The Morgan fingerprint density at radius 3 is 2.53 bits per heavy atom. The largest absolute Gasteiger partial charge is 0.494 e. The van der Waals surface area contributed by atoms with E-state index in [0.717, 1.165) is 52.9 Å². The molecule has 152 valence electrons. The summed E-state index contributed by atoms with van der Waals surface area (Å²) in [4.78, 5) is 11.3. The fraction of sp³-hybridized carbons (Fsp3) is 0.250. The zero-order valence-corrected chi connectivity index (χ0v) is 16.7. The Kier molecular flexibility index (Phi) is 5.07. The van der Waals surface area contributed by atoms with Crippen LogP contribution in [0.1, 0.15) is 5.69 Å². The number of ether oxygens (including phenoxy) is 1. The first kappa shape index (κ1) is 18.6. The molecular weight excluding hydrogens is 376 g/mol. The van der Waals surface area contributed by atoms with E-state index in [-0.39, 0.29) is 5.88 Å². The fourth-order valence-corrected chi connectivity index (χ4v) is 3.99. The highest BCUT2D eigenvalue weighted by Gasteiger charge is 2.19. The van der Waals surface area contributed by atoms with Gasteiger partial charge < -0.3 is 19.3 Å². The van der Waals surface area contributed by atoms with Crippen molar-refractivity contribution in [3.05, 3.63) is 72.8 Å². The van der Waals surface area contributed by atoms with Gasteiger partial charge in [0.2, 0.25) is 5.88 Å². The van der Waals surface area contributed by atoms with Gasteiger partial charge >= 0.3 is 0 Å². The van der Waals surface area contributed by atoms with Gasteiger partial charge in [-0.15, -0.1) is 0 Å². The predicted octanol–water partition coefficient (Wildman–Crippen LogP) is 3.88. The molecule has 5 rings (SSSR count). The number of aromatic hydroxyl groups is 1. The topological polar surface area (TPSA) is 63.4 Å². The SMILES string of the molecule is Oc1c2c(N3CCOCC3)ccnc2cn1CCc1ccc(-c2ccccc2)cn1. The molecule has 1 aromatic carbocycles. The summed E-state index contributed by atoms with van der Waals surface area (Å²) in [5, 5.41) is 11.7. The van der Waals surface area contributed by atoms with Gasteiger partial charge in [0.1, 0.15) is 0 Å². The Morgan fingerprint density at radius 1 is 0.933 bits per heavy atom. The molecule has 1 fully saturated rings. The number of benzene rings is 1. The summed E-state index contributed by atoms with van der Waals surface area (Å²) in [6.45, 7) is 3.69. The lowest BCUT2D eigenvalue weighted by atomic mass is 10.1. The van der Waals surface area contributed by atoms with Crippen molar-refractivity contribution in [1.82, 2.24) is 14.5 Å². The predicted molar refractivity (Wildman–Crippen MR) is 118 cm³/mol. The van der Waals surface area contributed by atoms with Crippen LogP contribution in [0.2, 0.25) is 0 Å². The second-order valence-electron chi connectivity index (χ2n) is 7.49. The lowest BCUT2D eigenvalue weighted by molar-refractivity contribution is 0.123. The van der Waals surface area contributed by atoms with Crippen LogP contribution in [0.15, 0.2) is 67.1 Å². The Bertz CT molecular complexity index is 1130. The van der Waals surface area contributed by atoms with Gasteiger partial charge in [-0.2, -0.15) is 0 Å². The second-order valence-corrected chi connectivity index (χ2v) is 7.49. The van der Waals surface area contributed by atoms with Gasteiger partial charge in [-0.1, -0.05) is 36.4 Å². The number of morpholine rings is 1. The molecule has 0 atom stereocenters. The van der Waals surface area contributed by atoms with E-state index in [9.17, 15) is 5.11 Å². The van der Waals surface area contributed by atoms with Gasteiger partial charge in [0.25, 0.3) is 0 Å². The van der Waals surface area contributed by atoms with Crippen LogP contribution in [-0.2, 0) is 17.7 Å². The van der Waals surface area contributed by atoms with E-state index in [1.165, 1.54) is 0 Å². The van der Waals surface area contributed by atoms with Crippen molar-refractivity contribution < 1.29 is 9.84 Å². The normalized spacial score (nSPS) is 14.3. The average Bonchev–Trinajstić information content (AvgIpc) is 3.15. The maximum atomic E-state index is 10.9. The number of aryl methyl sites for hydroxylation is 2. The molecule has 1 N–H and O–H groups in total. The third-order valence-corrected chi connectivity index (χ3v) is 5.62. The van der Waals surface area contributed by atoms with Gasteiger partial charge in [0.05, 0.1) is 29.8 Å². The fourth-order valence-electron chi connectivity index (χ4n) is 3.99. The summed E-state index contributed by atoms with van der Waals surface area (Å²) >= 11 is 0. The van der Waals surface area contributed by atoms with Crippen molar-refractivity contribution in [2.45, 2.75) is 13.0 Å². The molecule has 3 aromatic heterocycles. The molecule has 0 unspecified atom stereocenters. The zero-order chi connectivity index (χ0) is 20.3. The lowest BCUT2D eigenvalue weighted by Gasteiger charge is -2.29. The van der Waals surface area contributed by atoms with Gasteiger partial charge in [0.15, 0.2) is 0 Å². The van der Waals surface area contributed by atoms with Crippen LogP contribution in [0.4, 0.5) is 5.69 Å². The number of hydrogen-bond acceptors (Lipinski definition) is 5. The highest BCUT2D eigenvalue weighted by atomic mass is 16.5. The average molecular weight is 400 g/mol. The summed E-state index contributed by atoms with van der Waals surface area (Å²) in [6.07, 6.45) is 6.37. The van der Waals surface area contributed by atoms with Crippen molar-refractivity contribution in [2.24, 2.45) is 0 Å². The molecule has 4 aromatic rings. The molecule has 0 bridgehead atoms. The standard InChI is InChI=1S/C24H24N4O2/c29-24-23-21(25-10-8-22(23)27-12-14-30-15-13-27)17-28(24)11-9-20-7-6-19(16-26-20)18-4-2-1-3-5-18/h1-8,10,16-17,29H,9,11-15H2. The van der Waals surface area contributed by atoms with E-state index < -0.39 is 0 Å². The number of aromatic nitrogens is 3. The summed E-state index contributed by atoms with van der Waals surface area (Å²) in [7, 11) is 0. The Labute approximate surface area is 175 Å². The van der Waals surface area contributed by atoms with E-state index in [1.807, 2.05) is 41.2 Å². The van der Waals surface area contributed by atoms with Crippen LogP contribution >= 0.6 is 0 Å². The van der Waals surface area contributed by atoms with E-state index in [0.29, 0.717) is 19.8 Å². The minimum Gasteiger partial charge on any atom is -0.494 e. The molecule has 30 heavy (non-hydrogen) atoms. The minimum atomic E-state index is 0.264. The molecule has 1 saturated heterocycles. The van der Waals surface area contributed by atoms with Gasteiger partial charge in [-0.05, 0) is 17.7 Å². The molecule has 4 heterocycles. The molecule has 0 saturated carbocycles. The summed E-state index contributed by atoms with van der Waals surface area (Å²) in [6, 6.07) is 16.4. The third kappa shape index (κ3) is 3.62. The number of fused-ring (bicyclic) bond motifs is 1. The van der Waals surface area contributed by atoms with E-state index >= 15 is 0 Å². The lowest BCUT2D eigenvalue weighted by Crippen LogP contribution is -2.36. The summed E-state index contributed by atoms with van der Waals surface area (Å²) in [5.74, 6) is 0.264. The van der Waals surface area contributed by atoms with Gasteiger partial charge in [0, 0.05) is 55.9 Å². The van der Waals surface area contributed by atoms with Crippen LogP contribution in [0, 0.1) is 0 Å². The van der Waals surface area contributed by atoms with Gasteiger partial charge in [-0.25, -0.2) is 0 Å². The van der Waals surface area contributed by atoms with Crippen molar-refractivity contribution in [3.63, 3.8) is 0 Å². The summed E-state index contributed by atoms with van der Waals surface area (Å²) in [5.41, 5.74) is 5.09. The first-order chi connectivity index (χ1) is 14.8. The van der Waals surface area contributed by atoms with Crippen LogP contribution in [0.25, 0.3) is 22.0 Å². The second kappa shape index (κ2) is 8.16. The Hall–Kier alpha value is -3.38. The van der Waals surface area contributed by atoms with E-state index in [2.05, 4.69) is 39.1 Å². The Balaban J connectivity index is 1.35. The van der Waals surface area contributed by atoms with Crippen LogP contribution < -0.4 is 4.90 Å². The smallest absolute Gasteiger partial charge is 0.202 e. The van der Waals surface area contributed by atoms with Crippen LogP contribution in [-0.4, -0.2) is 45.9 Å². The number of rotatable bonds is 5. The van der Waals surface area contributed by atoms with Crippen LogP contribution in [0.3, 0.4) is 0 Å². The monoisotopic (exact) mass is 400 g/mol. The summed E-state index contributed by atoms with van der Waals surface area (Å²) < 4.78 is 7.33. The molecule has 0 spiro atoms. The molecule has 0 radical (unpaired) electrons. The number of nitrogens with zero attached hydrogens (tertiary/aromatic N) is 4. The first-order valence-corrected chi connectivity index (χ1v) is 10.3. The zero-order valence-electron chi connectivity index (χ0n) is 16.7. The van der Waals surface area contributed by atoms with E-state index in [1.54, 1.807) is 6.20 Å². The third-order valence-electron chi connectivity index (χ3n) is 5.62. The molecule has 0 amide bonds. The molecule has 6 heteroatoms. The molecular formula is C24H24N4O2. The van der Waals surface area contributed by atoms with Crippen molar-refractivity contribution >= 4 is 16.6 Å². The number of anilines is 1. The van der Waals surface area contributed by atoms with Crippen molar-refractivity contribution in [2.75, 3.05) is 31.2 Å².